The molecular weight excluding hydrogens is 450 g/mol. The minimum absolute atomic E-state index is 0.0550. The van der Waals surface area contributed by atoms with Crippen LogP contribution in [0.15, 0.2) is 48.5 Å². The Morgan fingerprint density at radius 1 is 0.972 bits per heavy atom. The largest absolute Gasteiger partial charge is 0.322 e. The van der Waals surface area contributed by atoms with Crippen LogP contribution in [0.2, 0.25) is 0 Å². The van der Waals surface area contributed by atoms with Crippen molar-refractivity contribution in [3.8, 4) is 5.69 Å². The summed E-state index contributed by atoms with van der Waals surface area (Å²) in [5.41, 5.74) is 5.53. The van der Waals surface area contributed by atoms with E-state index in [0.717, 1.165) is 46.6 Å². The first kappa shape index (κ1) is 27.0. The maximum absolute atomic E-state index is 13.2. The number of urea groups is 1. The van der Waals surface area contributed by atoms with Crippen molar-refractivity contribution in [2.45, 2.75) is 66.7 Å². The summed E-state index contributed by atoms with van der Waals surface area (Å²) in [7, 11) is 0. The molecule has 7 heteroatoms. The van der Waals surface area contributed by atoms with Gasteiger partial charge in [-0.25, -0.2) is 9.48 Å². The zero-order valence-corrected chi connectivity index (χ0v) is 22.6. The SMILES string of the molecule is CCCCN(CC(=O)Nc1cc(C(C)(C)C)nn1-c1cccc(C)c1)C(=O)Nc1ccc(C)cc1C. The molecule has 0 bridgehead atoms. The predicted octanol–water partition coefficient (Wildman–Crippen LogP) is 6.37. The second-order valence-electron chi connectivity index (χ2n) is 10.5. The van der Waals surface area contributed by atoms with Crippen molar-refractivity contribution < 1.29 is 9.59 Å². The molecule has 0 radical (unpaired) electrons. The molecule has 0 spiro atoms. The number of carbonyl (C=O) groups excluding carboxylic acids is 2. The van der Waals surface area contributed by atoms with E-state index in [1.54, 1.807) is 9.58 Å². The fraction of sp³-hybridized carbons (Fsp3) is 0.414. The summed E-state index contributed by atoms with van der Waals surface area (Å²) in [5, 5.41) is 10.8. The molecule has 3 aromatic rings. The van der Waals surface area contributed by atoms with Gasteiger partial charge in [0.2, 0.25) is 5.91 Å². The summed E-state index contributed by atoms with van der Waals surface area (Å²) >= 11 is 0. The Hall–Kier alpha value is -3.61. The molecule has 36 heavy (non-hydrogen) atoms. The highest BCUT2D eigenvalue weighted by Gasteiger charge is 2.23. The van der Waals surface area contributed by atoms with Gasteiger partial charge in [-0.2, -0.15) is 5.10 Å². The first-order valence-electron chi connectivity index (χ1n) is 12.6. The Morgan fingerprint density at radius 3 is 2.33 bits per heavy atom. The standard InChI is InChI=1S/C29H39N5O2/c1-8-9-15-33(28(36)30-24-14-13-21(3)16-22(24)4)19-27(35)31-26-18-25(29(5,6)7)32-34(26)23-12-10-11-20(2)17-23/h10-14,16-18H,8-9,15,19H2,1-7H3,(H,30,36)(H,31,35). The average molecular weight is 490 g/mol. The number of nitrogens with one attached hydrogen (secondary N) is 2. The molecule has 7 nitrogen and oxygen atoms in total. The van der Waals surface area contributed by atoms with Gasteiger partial charge in [-0.15, -0.1) is 0 Å². The Bertz CT molecular complexity index is 1220. The highest BCUT2D eigenvalue weighted by atomic mass is 16.2. The van der Waals surface area contributed by atoms with E-state index in [0.29, 0.717) is 12.4 Å². The van der Waals surface area contributed by atoms with E-state index < -0.39 is 0 Å². The third-order valence-electron chi connectivity index (χ3n) is 6.02. The molecule has 0 unspecified atom stereocenters. The number of benzene rings is 2. The molecule has 1 aromatic heterocycles. The average Bonchev–Trinajstić information content (AvgIpc) is 3.22. The van der Waals surface area contributed by atoms with E-state index in [4.69, 9.17) is 5.10 Å². The van der Waals surface area contributed by atoms with Crippen LogP contribution < -0.4 is 10.6 Å². The van der Waals surface area contributed by atoms with Crippen LogP contribution in [0.3, 0.4) is 0 Å². The zero-order valence-electron chi connectivity index (χ0n) is 22.6. The van der Waals surface area contributed by atoms with Gasteiger partial charge >= 0.3 is 6.03 Å². The Balaban J connectivity index is 1.81. The number of carbonyl (C=O) groups is 2. The van der Waals surface area contributed by atoms with Gasteiger partial charge in [-0.1, -0.05) is 63.9 Å². The number of hydrogen-bond acceptors (Lipinski definition) is 3. The van der Waals surface area contributed by atoms with Crippen LogP contribution >= 0.6 is 0 Å². The van der Waals surface area contributed by atoms with Gasteiger partial charge in [0, 0.05) is 23.7 Å². The minimum atomic E-state index is -0.284. The second kappa shape index (κ2) is 11.4. The van der Waals surface area contributed by atoms with Crippen LogP contribution in [-0.2, 0) is 10.2 Å². The van der Waals surface area contributed by atoms with Crippen LogP contribution in [-0.4, -0.2) is 39.7 Å². The van der Waals surface area contributed by atoms with Gasteiger partial charge in [-0.3, -0.25) is 4.79 Å². The number of hydrogen-bond donors (Lipinski definition) is 2. The molecule has 2 N–H and O–H groups in total. The molecule has 0 aliphatic heterocycles. The van der Waals surface area contributed by atoms with Crippen molar-refractivity contribution >= 4 is 23.4 Å². The smallest absolute Gasteiger partial charge is 0.315 e. The van der Waals surface area contributed by atoms with Crippen molar-refractivity contribution in [1.82, 2.24) is 14.7 Å². The molecular formula is C29H39N5O2. The first-order valence-corrected chi connectivity index (χ1v) is 12.6. The number of rotatable bonds is 8. The molecule has 2 aromatic carbocycles. The third kappa shape index (κ3) is 6.97. The van der Waals surface area contributed by atoms with Crippen LogP contribution in [0.1, 0.15) is 62.9 Å². The van der Waals surface area contributed by atoms with E-state index in [1.165, 1.54) is 0 Å². The second-order valence-corrected chi connectivity index (χ2v) is 10.5. The lowest BCUT2D eigenvalue weighted by molar-refractivity contribution is -0.116. The van der Waals surface area contributed by atoms with E-state index >= 15 is 0 Å². The van der Waals surface area contributed by atoms with Gasteiger partial charge < -0.3 is 15.5 Å². The maximum atomic E-state index is 13.2. The Labute approximate surface area is 214 Å². The van der Waals surface area contributed by atoms with Crippen molar-refractivity contribution in [2.75, 3.05) is 23.7 Å². The predicted molar refractivity (Wildman–Crippen MR) is 147 cm³/mol. The fourth-order valence-corrected chi connectivity index (χ4v) is 3.90. The summed E-state index contributed by atoms with van der Waals surface area (Å²) in [6.45, 7) is 14.8. The topological polar surface area (TPSA) is 79.3 Å². The lowest BCUT2D eigenvalue weighted by Crippen LogP contribution is -2.41. The minimum Gasteiger partial charge on any atom is -0.315 e. The number of nitrogens with zero attached hydrogens (tertiary/aromatic N) is 3. The van der Waals surface area contributed by atoms with E-state index in [-0.39, 0.29) is 23.9 Å². The van der Waals surface area contributed by atoms with Gasteiger partial charge in [0.15, 0.2) is 0 Å². The highest BCUT2D eigenvalue weighted by Crippen LogP contribution is 2.26. The van der Waals surface area contributed by atoms with Gasteiger partial charge in [0.25, 0.3) is 0 Å². The number of amides is 3. The van der Waals surface area contributed by atoms with Crippen molar-refractivity contribution in [3.05, 3.63) is 70.9 Å². The Kier molecular flexibility index (Phi) is 8.56. The van der Waals surface area contributed by atoms with Crippen LogP contribution in [0.25, 0.3) is 5.69 Å². The number of aryl methyl sites for hydroxylation is 3. The molecule has 3 amide bonds. The van der Waals surface area contributed by atoms with Gasteiger partial charge in [0.05, 0.1) is 11.4 Å². The first-order chi connectivity index (χ1) is 17.0. The molecule has 0 fully saturated rings. The molecule has 1 heterocycles. The molecule has 0 saturated carbocycles. The monoisotopic (exact) mass is 489 g/mol. The lowest BCUT2D eigenvalue weighted by atomic mass is 9.92. The fourth-order valence-electron chi connectivity index (χ4n) is 3.90. The summed E-state index contributed by atoms with van der Waals surface area (Å²) in [6, 6.07) is 15.5. The lowest BCUT2D eigenvalue weighted by Gasteiger charge is -2.23. The van der Waals surface area contributed by atoms with Crippen molar-refractivity contribution in [3.63, 3.8) is 0 Å². The normalized spacial score (nSPS) is 11.3. The van der Waals surface area contributed by atoms with Crippen molar-refractivity contribution in [1.29, 1.82) is 0 Å². The Morgan fingerprint density at radius 2 is 1.69 bits per heavy atom. The molecule has 0 aliphatic carbocycles. The van der Waals surface area contributed by atoms with E-state index in [9.17, 15) is 9.59 Å². The third-order valence-corrected chi connectivity index (χ3v) is 6.02. The summed E-state index contributed by atoms with van der Waals surface area (Å²) in [6.07, 6.45) is 1.73. The van der Waals surface area contributed by atoms with Crippen LogP contribution in [0, 0.1) is 20.8 Å². The number of anilines is 2. The maximum Gasteiger partial charge on any atom is 0.322 e. The van der Waals surface area contributed by atoms with Crippen LogP contribution in [0.5, 0.6) is 0 Å². The molecule has 0 aliphatic rings. The summed E-state index contributed by atoms with van der Waals surface area (Å²) < 4.78 is 1.76. The number of aromatic nitrogens is 2. The highest BCUT2D eigenvalue weighted by molar-refractivity contribution is 5.97. The molecule has 3 rings (SSSR count). The van der Waals surface area contributed by atoms with E-state index in [2.05, 4.69) is 38.3 Å². The summed E-state index contributed by atoms with van der Waals surface area (Å²) in [5.74, 6) is 0.317. The van der Waals surface area contributed by atoms with Gasteiger partial charge in [-0.05, 0) is 56.5 Å². The molecule has 0 saturated heterocycles. The zero-order chi connectivity index (χ0) is 26.5. The number of unbranched alkanes of at least 4 members (excludes halogenated alkanes) is 1. The molecule has 0 atom stereocenters. The van der Waals surface area contributed by atoms with Crippen LogP contribution in [0.4, 0.5) is 16.3 Å². The molecule has 192 valence electrons. The summed E-state index contributed by atoms with van der Waals surface area (Å²) in [4.78, 5) is 27.9. The van der Waals surface area contributed by atoms with E-state index in [1.807, 2.05) is 69.3 Å². The quantitative estimate of drug-likeness (QED) is 0.386. The van der Waals surface area contributed by atoms with Gasteiger partial charge in [0.1, 0.15) is 12.4 Å². The van der Waals surface area contributed by atoms with Crippen molar-refractivity contribution in [2.24, 2.45) is 0 Å².